The Morgan fingerprint density at radius 3 is 2.50 bits per heavy atom. The van der Waals surface area contributed by atoms with Crippen LogP contribution < -0.4 is 4.74 Å². The first-order valence-electron chi connectivity index (χ1n) is 10.4. The van der Waals surface area contributed by atoms with E-state index in [2.05, 4.69) is 4.90 Å². The summed E-state index contributed by atoms with van der Waals surface area (Å²) in [7, 11) is -3.80. The Kier molecular flexibility index (Phi) is 5.19. The van der Waals surface area contributed by atoms with Crippen molar-refractivity contribution in [1.29, 1.82) is 0 Å². The van der Waals surface area contributed by atoms with Crippen LogP contribution in [0.5, 0.6) is 11.5 Å². The minimum Gasteiger partial charge on any atom is -0.454 e. The molecule has 6 nitrogen and oxygen atoms in total. The lowest BCUT2D eigenvalue weighted by Gasteiger charge is -2.40. The number of hydrogen-bond acceptors (Lipinski definition) is 5. The number of sulfonamides is 1. The van der Waals surface area contributed by atoms with Gasteiger partial charge in [-0.1, -0.05) is 30.3 Å². The molecule has 0 saturated carbocycles. The van der Waals surface area contributed by atoms with Crippen LogP contribution in [0, 0.1) is 5.82 Å². The van der Waals surface area contributed by atoms with Crippen LogP contribution in [0.4, 0.5) is 10.1 Å². The van der Waals surface area contributed by atoms with Crippen molar-refractivity contribution in [3.63, 3.8) is 0 Å². The summed E-state index contributed by atoms with van der Waals surface area (Å²) in [5, 5.41) is 0. The van der Waals surface area contributed by atoms with Gasteiger partial charge in [-0.05, 0) is 49.4 Å². The molecule has 0 bridgehead atoms. The van der Waals surface area contributed by atoms with Crippen LogP contribution in [0.3, 0.4) is 0 Å². The van der Waals surface area contributed by atoms with E-state index in [1.165, 1.54) is 22.5 Å². The largest absolute Gasteiger partial charge is 0.454 e. The van der Waals surface area contributed by atoms with E-state index in [-0.39, 0.29) is 17.5 Å². The molecule has 2 aliphatic rings. The van der Waals surface area contributed by atoms with Crippen molar-refractivity contribution in [2.75, 3.05) is 19.6 Å². The minimum absolute atomic E-state index is 0.0303. The van der Waals surface area contributed by atoms with Crippen LogP contribution in [0.15, 0.2) is 82.7 Å². The zero-order valence-corrected chi connectivity index (χ0v) is 18.3. The number of benzene rings is 3. The van der Waals surface area contributed by atoms with E-state index in [0.717, 1.165) is 23.2 Å². The minimum atomic E-state index is -3.80. The first-order chi connectivity index (χ1) is 15.4. The van der Waals surface area contributed by atoms with Gasteiger partial charge in [0.15, 0.2) is 5.75 Å². The van der Waals surface area contributed by atoms with Crippen molar-refractivity contribution in [3.05, 3.63) is 84.2 Å². The normalized spacial score (nSPS) is 18.8. The highest BCUT2D eigenvalue weighted by atomic mass is 32.2. The van der Waals surface area contributed by atoms with E-state index in [1.54, 1.807) is 0 Å². The van der Waals surface area contributed by atoms with Gasteiger partial charge in [-0.2, -0.15) is 4.31 Å². The van der Waals surface area contributed by atoms with Crippen molar-refractivity contribution in [3.8, 4) is 11.5 Å². The third-order valence-electron chi connectivity index (χ3n) is 5.71. The molecule has 2 heterocycles. The van der Waals surface area contributed by atoms with Gasteiger partial charge >= 0.3 is 0 Å². The zero-order valence-electron chi connectivity index (χ0n) is 17.5. The maximum absolute atomic E-state index is 13.6. The monoisotopic (exact) mass is 451 g/mol. The van der Waals surface area contributed by atoms with Gasteiger partial charge < -0.3 is 9.64 Å². The number of para-hydroxylation sites is 3. The quantitative estimate of drug-likeness (QED) is 0.579. The fourth-order valence-electron chi connectivity index (χ4n) is 4.16. The predicted octanol–water partition coefficient (Wildman–Crippen LogP) is 4.40. The molecule has 164 valence electrons. The zero-order chi connectivity index (χ0) is 22.3. The smallest absolute Gasteiger partial charge is 0.243 e. The summed E-state index contributed by atoms with van der Waals surface area (Å²) in [5.74, 6) is 1.56. The van der Waals surface area contributed by atoms with Crippen LogP contribution in [0.1, 0.15) is 12.5 Å². The average molecular weight is 452 g/mol. The van der Waals surface area contributed by atoms with Gasteiger partial charge in [0.1, 0.15) is 23.1 Å². The summed E-state index contributed by atoms with van der Waals surface area (Å²) in [6.45, 7) is 3.03. The van der Waals surface area contributed by atoms with Crippen molar-refractivity contribution in [2.24, 2.45) is 4.99 Å². The highest BCUT2D eigenvalue weighted by Gasteiger charge is 2.36. The third kappa shape index (κ3) is 3.65. The first kappa shape index (κ1) is 20.7. The van der Waals surface area contributed by atoms with Gasteiger partial charge in [-0.15, -0.1) is 0 Å². The van der Waals surface area contributed by atoms with Crippen LogP contribution in [-0.2, 0) is 10.0 Å². The molecule has 0 amide bonds. The molecule has 32 heavy (non-hydrogen) atoms. The number of ether oxygens (including phenoxy) is 1. The van der Waals surface area contributed by atoms with E-state index in [0.29, 0.717) is 24.6 Å². The first-order valence-corrected chi connectivity index (χ1v) is 11.8. The summed E-state index contributed by atoms with van der Waals surface area (Å²) >= 11 is 0. The van der Waals surface area contributed by atoms with E-state index in [1.807, 2.05) is 55.5 Å². The molecule has 2 aliphatic heterocycles. The second-order valence-corrected chi connectivity index (χ2v) is 9.76. The van der Waals surface area contributed by atoms with E-state index < -0.39 is 15.8 Å². The van der Waals surface area contributed by atoms with Crippen LogP contribution in [-0.4, -0.2) is 49.1 Å². The molecular formula is C24H22FN3O3S. The maximum Gasteiger partial charge on any atom is 0.243 e. The molecular weight excluding hydrogens is 429 g/mol. The van der Waals surface area contributed by atoms with E-state index >= 15 is 0 Å². The Labute approximate surface area is 186 Å². The molecule has 1 unspecified atom stereocenters. The molecule has 8 heteroatoms. The van der Waals surface area contributed by atoms with Crippen molar-refractivity contribution >= 4 is 21.5 Å². The Hall–Kier alpha value is -3.23. The van der Waals surface area contributed by atoms with Crippen molar-refractivity contribution in [1.82, 2.24) is 9.21 Å². The number of halogens is 1. The molecule has 0 N–H and O–H groups in total. The summed E-state index contributed by atoms with van der Waals surface area (Å²) in [4.78, 5) is 6.96. The number of amidine groups is 1. The SMILES string of the molecule is CC1CN(C2=Nc3ccccc3Oc3ccccc32)CCN1S(=O)(=O)c1cccc(F)c1. The second-order valence-electron chi connectivity index (χ2n) is 7.87. The van der Waals surface area contributed by atoms with E-state index in [9.17, 15) is 12.8 Å². The van der Waals surface area contributed by atoms with Crippen molar-refractivity contribution in [2.45, 2.75) is 17.9 Å². The van der Waals surface area contributed by atoms with Gasteiger partial charge in [0.2, 0.25) is 10.0 Å². The molecule has 0 radical (unpaired) electrons. The topological polar surface area (TPSA) is 62.2 Å². The fourth-order valence-corrected chi connectivity index (χ4v) is 5.81. The Morgan fingerprint density at radius 1 is 0.969 bits per heavy atom. The lowest BCUT2D eigenvalue weighted by atomic mass is 10.1. The fraction of sp³-hybridized carbons (Fsp3) is 0.208. The number of rotatable bonds is 2. The molecule has 3 aromatic carbocycles. The predicted molar refractivity (Wildman–Crippen MR) is 120 cm³/mol. The van der Waals surface area contributed by atoms with Gasteiger partial charge in [-0.3, -0.25) is 0 Å². The average Bonchev–Trinajstić information content (AvgIpc) is 2.95. The molecule has 3 aromatic rings. The third-order valence-corrected chi connectivity index (χ3v) is 7.72. The number of fused-ring (bicyclic) bond motifs is 2. The number of hydrogen-bond donors (Lipinski definition) is 0. The summed E-state index contributed by atoms with van der Waals surface area (Å²) < 4.78 is 47.5. The van der Waals surface area contributed by atoms with E-state index in [4.69, 9.17) is 9.73 Å². The summed E-state index contributed by atoms with van der Waals surface area (Å²) in [6.07, 6.45) is 0. The Morgan fingerprint density at radius 2 is 1.72 bits per heavy atom. The Bertz CT molecular complexity index is 1310. The number of piperazine rings is 1. The van der Waals surface area contributed by atoms with Crippen molar-refractivity contribution < 1.29 is 17.5 Å². The van der Waals surface area contributed by atoms with Gasteiger partial charge in [0.25, 0.3) is 0 Å². The second kappa shape index (κ2) is 8.03. The molecule has 1 atom stereocenters. The van der Waals surface area contributed by atoms with Gasteiger partial charge in [-0.25, -0.2) is 17.8 Å². The molecule has 0 spiro atoms. The van der Waals surface area contributed by atoms with Crippen LogP contribution in [0.25, 0.3) is 0 Å². The molecule has 0 aliphatic carbocycles. The number of nitrogens with zero attached hydrogens (tertiary/aromatic N) is 3. The maximum atomic E-state index is 13.6. The van der Waals surface area contributed by atoms with Gasteiger partial charge in [0, 0.05) is 25.7 Å². The van der Waals surface area contributed by atoms with Crippen LogP contribution in [0.2, 0.25) is 0 Å². The lowest BCUT2D eigenvalue weighted by molar-refractivity contribution is 0.205. The van der Waals surface area contributed by atoms with Crippen LogP contribution >= 0.6 is 0 Å². The number of aliphatic imine (C=N–C) groups is 1. The highest BCUT2D eigenvalue weighted by molar-refractivity contribution is 7.89. The summed E-state index contributed by atoms with van der Waals surface area (Å²) in [5.41, 5.74) is 1.58. The molecule has 0 aromatic heterocycles. The lowest BCUT2D eigenvalue weighted by Crippen LogP contribution is -2.55. The molecule has 5 rings (SSSR count). The summed E-state index contributed by atoms with van der Waals surface area (Å²) in [6, 6.07) is 20.1. The Balaban J connectivity index is 1.47. The molecule has 1 saturated heterocycles. The van der Waals surface area contributed by atoms with Gasteiger partial charge in [0.05, 0.1) is 10.5 Å². The molecule has 1 fully saturated rings. The highest BCUT2D eigenvalue weighted by Crippen LogP contribution is 2.38. The standard InChI is InChI=1S/C24H22FN3O3S/c1-17-16-27(13-14-28(17)32(29,30)19-8-6-7-18(25)15-19)24-20-9-2-4-11-22(20)31-23-12-5-3-10-21(23)26-24/h2-12,15,17H,13-14,16H2,1H3.